The fourth-order valence-electron chi connectivity index (χ4n) is 4.15. The van der Waals surface area contributed by atoms with Crippen molar-refractivity contribution in [2.45, 2.75) is 55.7 Å². The minimum atomic E-state index is -2.89. The summed E-state index contributed by atoms with van der Waals surface area (Å²) < 4.78 is 54.9. The maximum atomic E-state index is 13.7. The third-order valence-electron chi connectivity index (χ3n) is 5.50. The molecule has 0 fully saturated rings. The molecule has 0 aliphatic rings. The van der Waals surface area contributed by atoms with E-state index in [1.54, 1.807) is 0 Å². The Balaban J connectivity index is 2.60. The van der Waals surface area contributed by atoms with Gasteiger partial charge in [0, 0.05) is 25.0 Å². The quantitative estimate of drug-likeness (QED) is 0.211. The van der Waals surface area contributed by atoms with Gasteiger partial charge < -0.3 is 30.6 Å². The molecule has 2 aromatic carbocycles. The van der Waals surface area contributed by atoms with Gasteiger partial charge in [-0.3, -0.25) is 0 Å². The zero-order valence-corrected chi connectivity index (χ0v) is 18.4. The molecule has 0 amide bonds. The fourth-order valence-corrected chi connectivity index (χ4v) is 4.15. The van der Waals surface area contributed by atoms with Crippen molar-refractivity contribution in [1.82, 2.24) is 0 Å². The fraction of sp³-hybridized carbons (Fsp3) is 0.417. The number of hydrogen-bond donors (Lipinski definition) is 6. The summed E-state index contributed by atoms with van der Waals surface area (Å²) in [5, 5.41) is 63.8. The molecule has 5 atom stereocenters. The number of aliphatic hydroxyl groups excluding tert-OH is 4. The first-order chi connectivity index (χ1) is 15.7. The smallest absolute Gasteiger partial charge is 0.126 e. The van der Waals surface area contributed by atoms with Gasteiger partial charge in [-0.25, -0.2) is 17.6 Å². The molecule has 188 valence electrons. The number of aliphatic hydroxyl groups is 6. The molecule has 6 nitrogen and oxygen atoms in total. The van der Waals surface area contributed by atoms with Crippen LogP contribution >= 0.6 is 0 Å². The van der Waals surface area contributed by atoms with Crippen LogP contribution in [0.2, 0.25) is 0 Å². The van der Waals surface area contributed by atoms with Crippen LogP contribution in [0.3, 0.4) is 0 Å². The molecule has 0 bridgehead atoms. The predicted octanol–water partition coefficient (Wildman–Crippen LogP) is 1.53. The third kappa shape index (κ3) is 6.62. The van der Waals surface area contributed by atoms with Crippen LogP contribution in [-0.2, 0) is 12.8 Å². The second-order valence-electron chi connectivity index (χ2n) is 8.73. The average molecular weight is 488 g/mol. The highest BCUT2D eigenvalue weighted by Crippen LogP contribution is 2.36. The van der Waals surface area contributed by atoms with Crippen molar-refractivity contribution >= 4 is 0 Å². The van der Waals surface area contributed by atoms with Crippen molar-refractivity contribution in [2.24, 2.45) is 0 Å². The lowest BCUT2D eigenvalue weighted by Gasteiger charge is -2.46. The first-order valence-electron chi connectivity index (χ1n) is 10.3. The van der Waals surface area contributed by atoms with Crippen LogP contribution in [-0.4, -0.2) is 66.8 Å². The lowest BCUT2D eigenvalue weighted by Crippen LogP contribution is -2.66. The summed E-state index contributed by atoms with van der Waals surface area (Å²) in [6.07, 6.45) is -8.67. The van der Waals surface area contributed by atoms with Gasteiger partial charge in [0.15, 0.2) is 0 Å². The standard InChI is InChI=1S/C24H28F4O6/c1-13(2)9-23(33,10-14-3-16(25)7-17(26)4-14)22(32)24(34,21(31)20(30)12-29)11-15-5-18(27)8-19(28)6-15/h3-8,20-22,29-34H,1,9-12H2,2H3/t20-,21+,22+,23?,24+/m0/s1. The van der Waals surface area contributed by atoms with Gasteiger partial charge in [0.2, 0.25) is 0 Å². The Morgan fingerprint density at radius 1 is 0.824 bits per heavy atom. The zero-order valence-electron chi connectivity index (χ0n) is 18.4. The van der Waals surface area contributed by atoms with Gasteiger partial charge in [-0.05, 0) is 48.7 Å². The average Bonchev–Trinajstić information content (AvgIpc) is 2.69. The number of halogens is 4. The normalized spacial score (nSPS) is 18.0. The summed E-state index contributed by atoms with van der Waals surface area (Å²) in [6.45, 7) is 4.03. The molecule has 1 unspecified atom stereocenters. The van der Waals surface area contributed by atoms with Crippen LogP contribution in [0, 0.1) is 23.3 Å². The Bertz CT molecular complexity index is 978. The lowest BCUT2D eigenvalue weighted by molar-refractivity contribution is -0.228. The lowest BCUT2D eigenvalue weighted by atomic mass is 9.71. The van der Waals surface area contributed by atoms with E-state index in [-0.39, 0.29) is 16.7 Å². The van der Waals surface area contributed by atoms with E-state index in [4.69, 9.17) is 0 Å². The molecule has 0 saturated carbocycles. The van der Waals surface area contributed by atoms with Crippen molar-refractivity contribution in [3.63, 3.8) is 0 Å². The molecule has 10 heteroatoms. The topological polar surface area (TPSA) is 121 Å². The second-order valence-corrected chi connectivity index (χ2v) is 8.73. The molecule has 0 saturated heterocycles. The van der Waals surface area contributed by atoms with Gasteiger partial charge in [-0.15, -0.1) is 6.58 Å². The summed E-state index contributed by atoms with van der Waals surface area (Å²) in [7, 11) is 0. The molecule has 34 heavy (non-hydrogen) atoms. The van der Waals surface area contributed by atoms with Crippen LogP contribution in [0.5, 0.6) is 0 Å². The third-order valence-corrected chi connectivity index (χ3v) is 5.50. The van der Waals surface area contributed by atoms with Crippen molar-refractivity contribution in [3.05, 3.63) is 82.9 Å². The van der Waals surface area contributed by atoms with Crippen molar-refractivity contribution < 1.29 is 48.2 Å². The highest BCUT2D eigenvalue weighted by molar-refractivity contribution is 5.26. The van der Waals surface area contributed by atoms with Crippen LogP contribution in [0.4, 0.5) is 17.6 Å². The van der Waals surface area contributed by atoms with E-state index in [1.165, 1.54) is 6.92 Å². The van der Waals surface area contributed by atoms with E-state index >= 15 is 0 Å². The summed E-state index contributed by atoms with van der Waals surface area (Å²) in [5.74, 6) is -4.00. The molecule has 0 radical (unpaired) electrons. The van der Waals surface area contributed by atoms with Gasteiger partial charge in [0.25, 0.3) is 0 Å². The predicted molar refractivity (Wildman–Crippen MR) is 115 cm³/mol. The Hall–Kier alpha value is -2.34. The molecule has 0 aliphatic heterocycles. The Kier molecular flexibility index (Phi) is 8.98. The van der Waals surface area contributed by atoms with Crippen LogP contribution in [0.25, 0.3) is 0 Å². The van der Waals surface area contributed by atoms with E-state index in [0.717, 1.165) is 24.3 Å². The number of rotatable bonds is 11. The summed E-state index contributed by atoms with van der Waals surface area (Å²) in [5.41, 5.74) is -5.41. The van der Waals surface area contributed by atoms with E-state index in [0.29, 0.717) is 12.1 Å². The van der Waals surface area contributed by atoms with Crippen LogP contribution < -0.4 is 0 Å². The van der Waals surface area contributed by atoms with E-state index < -0.39 is 78.7 Å². The molecule has 2 aromatic rings. The monoisotopic (exact) mass is 488 g/mol. The minimum Gasteiger partial charge on any atom is -0.394 e. The van der Waals surface area contributed by atoms with Crippen molar-refractivity contribution in [2.75, 3.05) is 6.61 Å². The molecule has 0 spiro atoms. The summed E-state index contributed by atoms with van der Waals surface area (Å²) in [4.78, 5) is 0. The van der Waals surface area contributed by atoms with Gasteiger partial charge >= 0.3 is 0 Å². The summed E-state index contributed by atoms with van der Waals surface area (Å²) >= 11 is 0. The Morgan fingerprint density at radius 3 is 1.62 bits per heavy atom. The maximum absolute atomic E-state index is 13.7. The molecule has 0 heterocycles. The number of benzene rings is 2. The van der Waals surface area contributed by atoms with Crippen LogP contribution in [0.15, 0.2) is 48.6 Å². The molecular formula is C24H28F4O6. The van der Waals surface area contributed by atoms with Gasteiger partial charge in [0.1, 0.15) is 52.8 Å². The first-order valence-corrected chi connectivity index (χ1v) is 10.3. The van der Waals surface area contributed by atoms with Crippen molar-refractivity contribution in [1.29, 1.82) is 0 Å². The highest BCUT2D eigenvalue weighted by atomic mass is 19.1. The highest BCUT2D eigenvalue weighted by Gasteiger charge is 2.54. The molecule has 0 aliphatic carbocycles. The Morgan fingerprint density at radius 2 is 1.24 bits per heavy atom. The molecular weight excluding hydrogens is 460 g/mol. The zero-order chi connectivity index (χ0) is 25.8. The van der Waals surface area contributed by atoms with Crippen molar-refractivity contribution in [3.8, 4) is 0 Å². The van der Waals surface area contributed by atoms with Crippen LogP contribution in [0.1, 0.15) is 24.5 Å². The Labute approximate surface area is 194 Å². The largest absolute Gasteiger partial charge is 0.394 e. The maximum Gasteiger partial charge on any atom is 0.126 e. The van der Waals surface area contributed by atoms with Gasteiger partial charge in [-0.1, -0.05) is 5.57 Å². The second kappa shape index (κ2) is 10.9. The van der Waals surface area contributed by atoms with Gasteiger partial charge in [-0.2, -0.15) is 0 Å². The molecule has 0 aromatic heterocycles. The van der Waals surface area contributed by atoms with E-state index in [1.807, 2.05) is 0 Å². The van der Waals surface area contributed by atoms with Gasteiger partial charge in [0.05, 0.1) is 6.61 Å². The minimum absolute atomic E-state index is 0.114. The summed E-state index contributed by atoms with van der Waals surface area (Å²) in [6, 6.07) is 4.53. The first kappa shape index (κ1) is 27.9. The molecule has 6 N–H and O–H groups in total. The molecule has 2 rings (SSSR count). The number of hydrogen-bond acceptors (Lipinski definition) is 6. The SMILES string of the molecule is C=C(C)CC(O)(Cc1cc(F)cc(F)c1)[C@@H](O)[C@@](O)(Cc1cc(F)cc(F)c1)[C@H](O)[C@@H](O)CO. The van der Waals surface area contributed by atoms with E-state index in [9.17, 15) is 48.2 Å². The van der Waals surface area contributed by atoms with E-state index in [2.05, 4.69) is 6.58 Å².